The molecular weight excluding hydrogens is 410 g/mol. The second kappa shape index (κ2) is 10.1. The standard InChI is InChI=1S/C23H25N5O4/c1-31-21-8-3-2-7-18(21)19-14-20(25-24-19)23(30)27-26-22(29)17-6-4-5-16(13-17)15-28-9-11-32-12-10-28/h2-8,13-14H,9-12,15H2,1H3,(H,24,25)(H,26,29)(H,27,30). The molecule has 0 atom stereocenters. The lowest BCUT2D eigenvalue weighted by molar-refractivity contribution is 0.0342. The number of carbonyl (C=O) groups excluding carboxylic acids is 2. The summed E-state index contributed by atoms with van der Waals surface area (Å²) in [5.74, 6) is -0.251. The number of nitrogens with one attached hydrogen (secondary N) is 3. The lowest BCUT2D eigenvalue weighted by Gasteiger charge is -2.26. The van der Waals surface area contributed by atoms with E-state index in [1.54, 1.807) is 19.2 Å². The Kier molecular flexibility index (Phi) is 6.78. The van der Waals surface area contributed by atoms with Crippen LogP contribution in [0.1, 0.15) is 26.4 Å². The van der Waals surface area contributed by atoms with Crippen LogP contribution in [-0.4, -0.2) is 60.3 Å². The zero-order valence-electron chi connectivity index (χ0n) is 17.8. The number of nitrogens with zero attached hydrogens (tertiary/aromatic N) is 2. The Morgan fingerprint density at radius 1 is 1.06 bits per heavy atom. The fourth-order valence-electron chi connectivity index (χ4n) is 3.51. The number of methoxy groups -OCH3 is 1. The first-order valence-electron chi connectivity index (χ1n) is 10.3. The van der Waals surface area contributed by atoms with E-state index < -0.39 is 11.8 Å². The molecule has 2 amide bonds. The first kappa shape index (κ1) is 21.5. The summed E-state index contributed by atoms with van der Waals surface area (Å²) in [6.45, 7) is 3.93. The number of para-hydroxylation sites is 1. The molecule has 0 radical (unpaired) electrons. The normalized spacial score (nSPS) is 14.0. The number of rotatable bonds is 6. The van der Waals surface area contributed by atoms with Crippen molar-refractivity contribution in [3.05, 3.63) is 71.4 Å². The van der Waals surface area contributed by atoms with Crippen molar-refractivity contribution in [3.8, 4) is 17.0 Å². The van der Waals surface area contributed by atoms with Gasteiger partial charge in [-0.05, 0) is 35.9 Å². The molecular formula is C23H25N5O4. The van der Waals surface area contributed by atoms with Gasteiger partial charge in [-0.3, -0.25) is 30.4 Å². The number of ether oxygens (including phenoxy) is 2. The lowest BCUT2D eigenvalue weighted by Crippen LogP contribution is -2.41. The summed E-state index contributed by atoms with van der Waals surface area (Å²) in [7, 11) is 1.57. The van der Waals surface area contributed by atoms with E-state index in [4.69, 9.17) is 9.47 Å². The topological polar surface area (TPSA) is 109 Å². The van der Waals surface area contributed by atoms with Crippen LogP contribution in [0.2, 0.25) is 0 Å². The van der Waals surface area contributed by atoms with Crippen molar-refractivity contribution in [2.24, 2.45) is 0 Å². The van der Waals surface area contributed by atoms with Crippen LogP contribution in [0.5, 0.6) is 5.75 Å². The molecule has 0 aliphatic carbocycles. The quantitative estimate of drug-likeness (QED) is 0.511. The van der Waals surface area contributed by atoms with E-state index in [0.717, 1.165) is 44.0 Å². The minimum absolute atomic E-state index is 0.215. The molecule has 9 heteroatoms. The minimum atomic E-state index is -0.503. The number of morpholine rings is 1. The third-order valence-corrected chi connectivity index (χ3v) is 5.19. The van der Waals surface area contributed by atoms with Gasteiger partial charge in [-0.15, -0.1) is 0 Å². The number of aromatic nitrogens is 2. The van der Waals surface area contributed by atoms with Gasteiger partial charge in [0.1, 0.15) is 11.4 Å². The molecule has 0 spiro atoms. The number of aromatic amines is 1. The molecule has 3 aromatic rings. The predicted molar refractivity (Wildman–Crippen MR) is 118 cm³/mol. The van der Waals surface area contributed by atoms with Crippen LogP contribution >= 0.6 is 0 Å². The Labute approximate surface area is 185 Å². The Hall–Kier alpha value is -3.69. The second-order valence-corrected chi connectivity index (χ2v) is 7.36. The van der Waals surface area contributed by atoms with Crippen LogP contribution in [-0.2, 0) is 11.3 Å². The van der Waals surface area contributed by atoms with Gasteiger partial charge in [0.15, 0.2) is 0 Å². The number of hydrazine groups is 1. The average Bonchev–Trinajstić information content (AvgIpc) is 3.33. The van der Waals surface area contributed by atoms with Gasteiger partial charge in [-0.25, -0.2) is 0 Å². The maximum absolute atomic E-state index is 12.5. The highest BCUT2D eigenvalue weighted by Gasteiger charge is 2.16. The van der Waals surface area contributed by atoms with Gasteiger partial charge in [0, 0.05) is 30.8 Å². The minimum Gasteiger partial charge on any atom is -0.496 e. The predicted octanol–water partition coefficient (Wildman–Crippen LogP) is 1.99. The third kappa shape index (κ3) is 5.13. The maximum Gasteiger partial charge on any atom is 0.287 e. The number of hydrogen-bond donors (Lipinski definition) is 3. The van der Waals surface area contributed by atoms with Crippen molar-refractivity contribution in [1.82, 2.24) is 25.9 Å². The molecule has 3 N–H and O–H groups in total. The van der Waals surface area contributed by atoms with Gasteiger partial charge in [0.25, 0.3) is 11.8 Å². The van der Waals surface area contributed by atoms with Crippen LogP contribution in [0.4, 0.5) is 0 Å². The molecule has 1 fully saturated rings. The van der Waals surface area contributed by atoms with Crippen LogP contribution in [0.15, 0.2) is 54.6 Å². The monoisotopic (exact) mass is 435 g/mol. The summed E-state index contributed by atoms with van der Waals surface area (Å²) in [5.41, 5.74) is 7.91. The van der Waals surface area contributed by atoms with E-state index in [9.17, 15) is 9.59 Å². The van der Waals surface area contributed by atoms with Gasteiger partial charge >= 0.3 is 0 Å². The fourth-order valence-corrected chi connectivity index (χ4v) is 3.51. The molecule has 0 unspecified atom stereocenters. The van der Waals surface area contributed by atoms with Crippen molar-refractivity contribution in [2.45, 2.75) is 6.54 Å². The first-order valence-corrected chi connectivity index (χ1v) is 10.3. The van der Waals surface area contributed by atoms with E-state index >= 15 is 0 Å². The molecule has 2 heterocycles. The lowest BCUT2D eigenvalue weighted by atomic mass is 10.1. The fraction of sp³-hybridized carbons (Fsp3) is 0.261. The van der Waals surface area contributed by atoms with Crippen LogP contribution in [0, 0.1) is 0 Å². The van der Waals surface area contributed by atoms with E-state index in [0.29, 0.717) is 17.0 Å². The molecule has 0 bridgehead atoms. The number of carbonyl (C=O) groups is 2. The summed E-state index contributed by atoms with van der Waals surface area (Å²) in [6.07, 6.45) is 0. The van der Waals surface area contributed by atoms with E-state index in [1.165, 1.54) is 0 Å². The maximum atomic E-state index is 12.5. The average molecular weight is 435 g/mol. The third-order valence-electron chi connectivity index (χ3n) is 5.19. The summed E-state index contributed by atoms with van der Waals surface area (Å²) in [4.78, 5) is 27.3. The van der Waals surface area contributed by atoms with Crippen molar-refractivity contribution in [3.63, 3.8) is 0 Å². The Morgan fingerprint density at radius 2 is 1.84 bits per heavy atom. The Balaban J connectivity index is 1.36. The summed E-state index contributed by atoms with van der Waals surface area (Å²) >= 11 is 0. The molecule has 166 valence electrons. The summed E-state index contributed by atoms with van der Waals surface area (Å²) in [6, 6.07) is 16.3. The molecule has 2 aromatic carbocycles. The summed E-state index contributed by atoms with van der Waals surface area (Å²) in [5, 5.41) is 6.87. The zero-order valence-corrected chi connectivity index (χ0v) is 17.8. The van der Waals surface area contributed by atoms with Crippen LogP contribution in [0.25, 0.3) is 11.3 Å². The molecule has 1 aromatic heterocycles. The number of H-pyrrole nitrogens is 1. The first-order chi connectivity index (χ1) is 15.6. The smallest absolute Gasteiger partial charge is 0.287 e. The van der Waals surface area contributed by atoms with Crippen molar-refractivity contribution >= 4 is 11.8 Å². The molecule has 1 saturated heterocycles. The SMILES string of the molecule is COc1ccccc1-c1cc(C(=O)NNC(=O)c2cccc(CN3CCOCC3)c2)[nH]n1. The molecule has 0 saturated carbocycles. The second-order valence-electron chi connectivity index (χ2n) is 7.36. The largest absolute Gasteiger partial charge is 0.496 e. The van der Waals surface area contributed by atoms with E-state index in [-0.39, 0.29) is 5.69 Å². The molecule has 9 nitrogen and oxygen atoms in total. The number of hydrogen-bond acceptors (Lipinski definition) is 6. The van der Waals surface area contributed by atoms with Gasteiger partial charge in [-0.2, -0.15) is 5.10 Å². The Bertz CT molecular complexity index is 1090. The van der Waals surface area contributed by atoms with Crippen LogP contribution in [0.3, 0.4) is 0 Å². The molecule has 1 aliphatic heterocycles. The summed E-state index contributed by atoms with van der Waals surface area (Å²) < 4.78 is 10.7. The van der Waals surface area contributed by atoms with Gasteiger partial charge in [0.2, 0.25) is 0 Å². The van der Waals surface area contributed by atoms with E-state index in [2.05, 4.69) is 25.9 Å². The van der Waals surface area contributed by atoms with Gasteiger partial charge in [-0.1, -0.05) is 24.3 Å². The van der Waals surface area contributed by atoms with Crippen molar-refractivity contribution in [1.29, 1.82) is 0 Å². The van der Waals surface area contributed by atoms with E-state index in [1.807, 2.05) is 42.5 Å². The highest BCUT2D eigenvalue weighted by molar-refractivity contribution is 5.98. The highest BCUT2D eigenvalue weighted by atomic mass is 16.5. The Morgan fingerprint density at radius 3 is 2.66 bits per heavy atom. The van der Waals surface area contributed by atoms with Gasteiger partial charge in [0.05, 0.1) is 26.0 Å². The van der Waals surface area contributed by atoms with Crippen LogP contribution < -0.4 is 15.6 Å². The highest BCUT2D eigenvalue weighted by Crippen LogP contribution is 2.28. The number of amides is 2. The zero-order chi connectivity index (χ0) is 22.3. The molecule has 1 aliphatic rings. The van der Waals surface area contributed by atoms with Gasteiger partial charge < -0.3 is 9.47 Å². The van der Waals surface area contributed by atoms with Crippen molar-refractivity contribution in [2.75, 3.05) is 33.4 Å². The van der Waals surface area contributed by atoms with Crippen molar-refractivity contribution < 1.29 is 19.1 Å². The molecule has 4 rings (SSSR count). The number of benzene rings is 2. The molecule has 32 heavy (non-hydrogen) atoms.